The number of ether oxygens (including phenoxy) is 1. The first kappa shape index (κ1) is 17.7. The topological polar surface area (TPSA) is 105 Å². The number of amides is 1. The number of primary amides is 1. The van der Waals surface area contributed by atoms with Crippen molar-refractivity contribution < 1.29 is 9.53 Å². The zero-order chi connectivity index (χ0) is 18.7. The van der Waals surface area contributed by atoms with Crippen LogP contribution < -0.4 is 10.5 Å². The van der Waals surface area contributed by atoms with Gasteiger partial charge in [-0.1, -0.05) is 12.1 Å². The Labute approximate surface area is 158 Å². The normalized spacial score (nSPS) is 11.3. The van der Waals surface area contributed by atoms with Crippen LogP contribution in [0.5, 0.6) is 5.75 Å². The Morgan fingerprint density at radius 2 is 2.19 bits per heavy atom. The van der Waals surface area contributed by atoms with Crippen molar-refractivity contribution in [2.24, 2.45) is 5.73 Å². The highest BCUT2D eigenvalue weighted by Crippen LogP contribution is 2.31. The van der Waals surface area contributed by atoms with E-state index in [0.29, 0.717) is 21.6 Å². The van der Waals surface area contributed by atoms with E-state index in [-0.39, 0.29) is 6.61 Å². The fourth-order valence-corrected chi connectivity index (χ4v) is 3.26. The van der Waals surface area contributed by atoms with E-state index in [2.05, 4.69) is 32.0 Å². The molecule has 0 bridgehead atoms. The van der Waals surface area contributed by atoms with Crippen LogP contribution in [0.15, 0.2) is 40.9 Å². The molecule has 1 aromatic heterocycles. The maximum atomic E-state index is 10.9. The van der Waals surface area contributed by atoms with Gasteiger partial charge in [-0.05, 0) is 64.3 Å². The third-order valence-corrected chi connectivity index (χ3v) is 4.28. The van der Waals surface area contributed by atoms with Gasteiger partial charge >= 0.3 is 0 Å². The van der Waals surface area contributed by atoms with Crippen molar-refractivity contribution in [2.75, 3.05) is 6.61 Å². The van der Waals surface area contributed by atoms with Gasteiger partial charge in [-0.15, -0.1) is 0 Å². The third kappa shape index (κ3) is 3.76. The first-order chi connectivity index (χ1) is 12.5. The molecule has 0 aliphatic rings. The van der Waals surface area contributed by atoms with Crippen LogP contribution in [0, 0.1) is 18.3 Å². The Morgan fingerprint density at radius 3 is 2.85 bits per heavy atom. The maximum Gasteiger partial charge on any atom is 0.255 e. The van der Waals surface area contributed by atoms with Crippen molar-refractivity contribution in [3.8, 4) is 11.8 Å². The lowest BCUT2D eigenvalue weighted by Gasteiger charge is -2.11. The first-order valence-corrected chi connectivity index (χ1v) is 8.55. The molecule has 7 heteroatoms. The summed E-state index contributed by atoms with van der Waals surface area (Å²) in [7, 11) is 0. The van der Waals surface area contributed by atoms with Gasteiger partial charge in [0.1, 0.15) is 17.6 Å². The van der Waals surface area contributed by atoms with E-state index < -0.39 is 5.91 Å². The summed E-state index contributed by atoms with van der Waals surface area (Å²) in [4.78, 5) is 18.5. The second-order valence-corrected chi connectivity index (χ2v) is 6.53. The summed E-state index contributed by atoms with van der Waals surface area (Å²) >= 11 is 3.43. The number of rotatable bonds is 5. The largest absolute Gasteiger partial charge is 0.482 e. The number of nitrogens with two attached hydrogens (primary N) is 1. The van der Waals surface area contributed by atoms with Crippen molar-refractivity contribution in [1.82, 2.24) is 9.97 Å². The highest BCUT2D eigenvalue weighted by atomic mass is 79.9. The molecule has 26 heavy (non-hydrogen) atoms. The fraction of sp³-hybridized carbons (Fsp3) is 0.105. The quantitative estimate of drug-likeness (QED) is 0.627. The SMILES string of the molecule is Cc1cc(C=C(C#N)c2nc3ccccc3[nH]2)cc(Br)c1OCC(N)=O. The number of nitriles is 1. The fourth-order valence-electron chi connectivity index (χ4n) is 2.57. The zero-order valence-corrected chi connectivity index (χ0v) is 15.5. The summed E-state index contributed by atoms with van der Waals surface area (Å²) in [5.74, 6) is 0.511. The van der Waals surface area contributed by atoms with Crippen molar-refractivity contribution in [2.45, 2.75) is 6.92 Å². The predicted octanol–water partition coefficient (Wildman–Crippen LogP) is 3.56. The van der Waals surface area contributed by atoms with E-state index in [1.807, 2.05) is 43.3 Å². The molecule has 1 amide bonds. The number of aryl methyl sites for hydroxylation is 1. The predicted molar refractivity (Wildman–Crippen MR) is 103 cm³/mol. The Bertz CT molecular complexity index is 1010. The number of imidazole rings is 1. The molecule has 3 N–H and O–H groups in total. The van der Waals surface area contributed by atoms with E-state index >= 15 is 0 Å². The van der Waals surface area contributed by atoms with Crippen LogP contribution >= 0.6 is 15.9 Å². The minimum Gasteiger partial charge on any atom is -0.482 e. The number of hydrogen-bond acceptors (Lipinski definition) is 4. The molecule has 0 radical (unpaired) electrons. The molecule has 2 aromatic carbocycles. The lowest BCUT2D eigenvalue weighted by molar-refractivity contribution is -0.119. The van der Waals surface area contributed by atoms with Gasteiger partial charge in [-0.2, -0.15) is 5.26 Å². The second-order valence-electron chi connectivity index (χ2n) is 5.68. The van der Waals surface area contributed by atoms with Crippen molar-refractivity contribution >= 4 is 44.5 Å². The Hall–Kier alpha value is -3.11. The number of nitrogens with zero attached hydrogens (tertiary/aromatic N) is 2. The average Bonchev–Trinajstić information content (AvgIpc) is 3.02. The third-order valence-electron chi connectivity index (χ3n) is 3.69. The Balaban J connectivity index is 1.96. The van der Waals surface area contributed by atoms with E-state index in [4.69, 9.17) is 10.5 Å². The van der Waals surface area contributed by atoms with Gasteiger partial charge in [-0.25, -0.2) is 4.98 Å². The highest BCUT2D eigenvalue weighted by Gasteiger charge is 2.11. The summed E-state index contributed by atoms with van der Waals surface area (Å²) in [5.41, 5.74) is 8.82. The molecule has 3 rings (SSSR count). The molecule has 6 nitrogen and oxygen atoms in total. The van der Waals surface area contributed by atoms with Gasteiger partial charge in [0.05, 0.1) is 21.1 Å². The molecular formula is C19H15BrN4O2. The lowest BCUT2D eigenvalue weighted by Crippen LogP contribution is -2.20. The average molecular weight is 411 g/mol. The monoisotopic (exact) mass is 410 g/mol. The molecule has 1 heterocycles. The van der Waals surface area contributed by atoms with E-state index in [0.717, 1.165) is 22.2 Å². The van der Waals surface area contributed by atoms with E-state index in [9.17, 15) is 10.1 Å². The number of aromatic amines is 1. The number of fused-ring (bicyclic) bond motifs is 1. The summed E-state index contributed by atoms with van der Waals surface area (Å²) in [5, 5.41) is 9.54. The number of aromatic nitrogens is 2. The molecule has 0 saturated carbocycles. The maximum absolute atomic E-state index is 10.9. The summed E-state index contributed by atoms with van der Waals surface area (Å²) < 4.78 is 6.09. The van der Waals surface area contributed by atoms with Crippen LogP contribution in [0.1, 0.15) is 17.0 Å². The summed E-state index contributed by atoms with van der Waals surface area (Å²) in [6.07, 6.45) is 1.74. The van der Waals surface area contributed by atoms with Gasteiger partial charge in [-0.3, -0.25) is 4.79 Å². The number of nitrogens with one attached hydrogen (secondary N) is 1. The molecule has 0 unspecified atom stereocenters. The molecule has 0 aliphatic heterocycles. The lowest BCUT2D eigenvalue weighted by atomic mass is 10.1. The summed E-state index contributed by atoms with van der Waals surface area (Å²) in [6.45, 7) is 1.66. The Morgan fingerprint density at radius 1 is 1.42 bits per heavy atom. The number of halogens is 1. The summed E-state index contributed by atoms with van der Waals surface area (Å²) in [6, 6.07) is 13.5. The molecule has 0 saturated heterocycles. The molecule has 0 aliphatic carbocycles. The van der Waals surface area contributed by atoms with Crippen molar-refractivity contribution in [1.29, 1.82) is 5.26 Å². The smallest absolute Gasteiger partial charge is 0.255 e. The van der Waals surface area contributed by atoms with E-state index in [1.54, 1.807) is 6.08 Å². The van der Waals surface area contributed by atoms with Crippen LogP contribution in [0.25, 0.3) is 22.7 Å². The van der Waals surface area contributed by atoms with Gasteiger partial charge in [0, 0.05) is 0 Å². The number of hydrogen-bond donors (Lipinski definition) is 2. The molecule has 0 spiro atoms. The number of para-hydroxylation sites is 2. The zero-order valence-electron chi connectivity index (χ0n) is 13.9. The number of carbonyl (C=O) groups is 1. The van der Waals surface area contributed by atoms with E-state index in [1.165, 1.54) is 0 Å². The Kier molecular flexibility index (Phi) is 5.05. The molecular weight excluding hydrogens is 396 g/mol. The minimum absolute atomic E-state index is 0.197. The molecule has 0 atom stereocenters. The minimum atomic E-state index is -0.545. The van der Waals surface area contributed by atoms with Crippen molar-refractivity contribution in [3.63, 3.8) is 0 Å². The van der Waals surface area contributed by atoms with Crippen LogP contribution in [-0.4, -0.2) is 22.5 Å². The number of allylic oxidation sites excluding steroid dienone is 1. The number of H-pyrrole nitrogens is 1. The molecule has 3 aromatic rings. The standard InChI is InChI=1S/C19H15BrN4O2/c1-11-6-12(8-14(20)18(11)26-10-17(22)25)7-13(9-21)19-23-15-4-2-3-5-16(15)24-19/h2-8H,10H2,1H3,(H2,22,25)(H,23,24). The van der Waals surface area contributed by atoms with Crippen LogP contribution in [0.3, 0.4) is 0 Å². The molecule has 130 valence electrons. The van der Waals surface area contributed by atoms with Crippen LogP contribution in [0.4, 0.5) is 0 Å². The molecule has 0 fully saturated rings. The number of benzene rings is 2. The van der Waals surface area contributed by atoms with Gasteiger partial charge in [0.2, 0.25) is 0 Å². The number of carbonyl (C=O) groups excluding carboxylic acids is 1. The second kappa shape index (κ2) is 7.42. The van der Waals surface area contributed by atoms with Gasteiger partial charge in [0.15, 0.2) is 6.61 Å². The van der Waals surface area contributed by atoms with Crippen molar-refractivity contribution in [3.05, 3.63) is 57.8 Å². The van der Waals surface area contributed by atoms with Gasteiger partial charge < -0.3 is 15.5 Å². The first-order valence-electron chi connectivity index (χ1n) is 7.76. The van der Waals surface area contributed by atoms with Crippen LogP contribution in [0.2, 0.25) is 0 Å². The highest BCUT2D eigenvalue weighted by molar-refractivity contribution is 9.10. The van der Waals surface area contributed by atoms with Gasteiger partial charge in [0.25, 0.3) is 5.91 Å². The van der Waals surface area contributed by atoms with Crippen LogP contribution in [-0.2, 0) is 4.79 Å².